The Balaban J connectivity index is 1.98. The zero-order valence-corrected chi connectivity index (χ0v) is 11.8. The summed E-state index contributed by atoms with van der Waals surface area (Å²) in [6, 6.07) is 6.84. The molecule has 1 aromatic carbocycles. The summed E-state index contributed by atoms with van der Waals surface area (Å²) in [5.41, 5.74) is 7.34. The van der Waals surface area contributed by atoms with Crippen molar-refractivity contribution >= 4 is 23.2 Å². The summed E-state index contributed by atoms with van der Waals surface area (Å²) < 4.78 is 0. The summed E-state index contributed by atoms with van der Waals surface area (Å²) in [5, 5.41) is 2.79. The molecular weight excluding hydrogens is 254 g/mol. The minimum atomic E-state index is -0.472. The third kappa shape index (κ3) is 3.36. The molecule has 0 saturated carbocycles. The third-order valence-corrected chi connectivity index (χ3v) is 3.46. The molecule has 1 aliphatic rings. The van der Waals surface area contributed by atoms with Crippen LogP contribution in [0.5, 0.6) is 0 Å². The zero-order valence-electron chi connectivity index (χ0n) is 11.8. The number of nitrogens with two attached hydrogens (primary N) is 1. The van der Waals surface area contributed by atoms with Crippen LogP contribution in [0.1, 0.15) is 32.6 Å². The van der Waals surface area contributed by atoms with Crippen LogP contribution < -0.4 is 16.0 Å². The second-order valence-electron chi connectivity index (χ2n) is 5.08. The van der Waals surface area contributed by atoms with Gasteiger partial charge in [0.25, 0.3) is 0 Å². The first-order valence-corrected chi connectivity index (χ1v) is 7.08. The molecule has 1 heterocycles. The molecule has 2 amide bonds. The van der Waals surface area contributed by atoms with Crippen LogP contribution in [-0.4, -0.2) is 24.4 Å². The van der Waals surface area contributed by atoms with Crippen LogP contribution in [-0.2, 0) is 9.59 Å². The van der Waals surface area contributed by atoms with Gasteiger partial charge in [0.1, 0.15) is 0 Å². The first-order chi connectivity index (χ1) is 9.61. The lowest BCUT2D eigenvalue weighted by atomic mass is 10.1. The van der Waals surface area contributed by atoms with Gasteiger partial charge < -0.3 is 16.0 Å². The first kappa shape index (κ1) is 14.5. The monoisotopic (exact) mass is 275 g/mol. The van der Waals surface area contributed by atoms with E-state index in [9.17, 15) is 9.59 Å². The molecule has 1 aliphatic heterocycles. The second-order valence-corrected chi connectivity index (χ2v) is 5.08. The quantitative estimate of drug-likeness (QED) is 0.861. The van der Waals surface area contributed by atoms with Crippen molar-refractivity contribution in [1.29, 1.82) is 0 Å². The molecular formula is C15H21N3O2. The van der Waals surface area contributed by atoms with Gasteiger partial charge in [0.05, 0.1) is 6.04 Å². The summed E-state index contributed by atoms with van der Waals surface area (Å²) in [5.74, 6) is -0.0106. The van der Waals surface area contributed by atoms with Gasteiger partial charge in [-0.1, -0.05) is 13.3 Å². The van der Waals surface area contributed by atoms with E-state index in [4.69, 9.17) is 5.73 Å². The van der Waals surface area contributed by atoms with Gasteiger partial charge in [0, 0.05) is 24.3 Å². The highest BCUT2D eigenvalue weighted by Gasteiger charge is 2.21. The standard InChI is InChI=1S/C15H21N3O2/c1-2-4-13(16)15(20)17-11-6-8-12(9-7-11)18-10-3-5-14(18)19/h6-9,13H,2-5,10,16H2,1H3,(H,17,20)/t13-/m0/s1. The molecule has 0 spiro atoms. The number of rotatable bonds is 5. The van der Waals surface area contributed by atoms with Crippen molar-refractivity contribution in [3.63, 3.8) is 0 Å². The van der Waals surface area contributed by atoms with E-state index in [1.165, 1.54) is 0 Å². The van der Waals surface area contributed by atoms with Gasteiger partial charge in [0.15, 0.2) is 0 Å². The average molecular weight is 275 g/mol. The normalized spacial score (nSPS) is 16.3. The number of carbonyl (C=O) groups excluding carboxylic acids is 2. The van der Waals surface area contributed by atoms with E-state index < -0.39 is 6.04 Å². The highest BCUT2D eigenvalue weighted by Crippen LogP contribution is 2.23. The fraction of sp³-hybridized carbons (Fsp3) is 0.467. The summed E-state index contributed by atoms with van der Waals surface area (Å²) in [7, 11) is 0. The first-order valence-electron chi connectivity index (χ1n) is 7.08. The summed E-state index contributed by atoms with van der Waals surface area (Å²) in [6.07, 6.45) is 3.07. The van der Waals surface area contributed by atoms with Crippen LogP contribution in [0.25, 0.3) is 0 Å². The highest BCUT2D eigenvalue weighted by atomic mass is 16.2. The van der Waals surface area contributed by atoms with E-state index >= 15 is 0 Å². The smallest absolute Gasteiger partial charge is 0.241 e. The molecule has 0 aliphatic carbocycles. The van der Waals surface area contributed by atoms with Crippen LogP contribution in [0.2, 0.25) is 0 Å². The van der Waals surface area contributed by atoms with E-state index in [1.807, 2.05) is 19.1 Å². The van der Waals surface area contributed by atoms with Gasteiger partial charge in [-0.05, 0) is 37.1 Å². The number of carbonyl (C=O) groups is 2. The number of benzene rings is 1. The van der Waals surface area contributed by atoms with Crippen molar-refractivity contribution < 1.29 is 9.59 Å². The predicted molar refractivity (Wildman–Crippen MR) is 79.5 cm³/mol. The predicted octanol–water partition coefficient (Wildman–Crippen LogP) is 1.88. The Labute approximate surface area is 119 Å². The van der Waals surface area contributed by atoms with E-state index in [0.717, 1.165) is 25.1 Å². The Kier molecular flexibility index (Phi) is 4.74. The molecule has 1 atom stereocenters. The van der Waals surface area contributed by atoms with E-state index in [-0.39, 0.29) is 11.8 Å². The van der Waals surface area contributed by atoms with Crippen molar-refractivity contribution in [2.24, 2.45) is 5.73 Å². The van der Waals surface area contributed by atoms with Crippen molar-refractivity contribution in [2.75, 3.05) is 16.8 Å². The molecule has 0 unspecified atom stereocenters. The Morgan fingerprint density at radius 3 is 2.65 bits per heavy atom. The number of nitrogens with one attached hydrogen (secondary N) is 1. The maximum atomic E-state index is 11.8. The maximum absolute atomic E-state index is 11.8. The SMILES string of the molecule is CCC[C@H](N)C(=O)Nc1ccc(N2CCCC2=O)cc1. The fourth-order valence-electron chi connectivity index (χ4n) is 2.32. The number of anilines is 2. The van der Waals surface area contributed by atoms with Crippen LogP contribution in [0.4, 0.5) is 11.4 Å². The van der Waals surface area contributed by atoms with Gasteiger partial charge in [-0.25, -0.2) is 0 Å². The number of nitrogens with zero attached hydrogens (tertiary/aromatic N) is 1. The third-order valence-electron chi connectivity index (χ3n) is 3.46. The molecule has 0 aromatic heterocycles. The molecule has 1 saturated heterocycles. The minimum Gasteiger partial charge on any atom is -0.325 e. The fourth-order valence-corrected chi connectivity index (χ4v) is 2.32. The molecule has 0 bridgehead atoms. The molecule has 1 aromatic rings. The number of hydrogen-bond acceptors (Lipinski definition) is 3. The maximum Gasteiger partial charge on any atom is 0.241 e. The van der Waals surface area contributed by atoms with E-state index in [1.54, 1.807) is 17.0 Å². The molecule has 3 N–H and O–H groups in total. The van der Waals surface area contributed by atoms with E-state index in [2.05, 4.69) is 5.32 Å². The molecule has 108 valence electrons. The van der Waals surface area contributed by atoms with Gasteiger partial charge >= 0.3 is 0 Å². The molecule has 2 rings (SSSR count). The minimum absolute atomic E-state index is 0.159. The topological polar surface area (TPSA) is 75.4 Å². The summed E-state index contributed by atoms with van der Waals surface area (Å²) in [4.78, 5) is 25.2. The van der Waals surface area contributed by atoms with Gasteiger partial charge in [-0.3, -0.25) is 9.59 Å². The molecule has 5 heteroatoms. The van der Waals surface area contributed by atoms with Crippen molar-refractivity contribution in [3.8, 4) is 0 Å². The lowest BCUT2D eigenvalue weighted by Gasteiger charge is -2.16. The van der Waals surface area contributed by atoms with Crippen molar-refractivity contribution in [2.45, 2.75) is 38.6 Å². The molecule has 1 fully saturated rings. The Morgan fingerprint density at radius 1 is 1.40 bits per heavy atom. The Hall–Kier alpha value is -1.88. The lowest BCUT2D eigenvalue weighted by Crippen LogP contribution is -2.35. The van der Waals surface area contributed by atoms with Crippen molar-refractivity contribution in [1.82, 2.24) is 0 Å². The van der Waals surface area contributed by atoms with Crippen LogP contribution in [0.15, 0.2) is 24.3 Å². The summed E-state index contributed by atoms with van der Waals surface area (Å²) in [6.45, 7) is 2.76. The Morgan fingerprint density at radius 2 is 2.10 bits per heavy atom. The Bertz CT molecular complexity index is 484. The van der Waals surface area contributed by atoms with Crippen LogP contribution >= 0.6 is 0 Å². The molecule has 0 radical (unpaired) electrons. The number of amides is 2. The average Bonchev–Trinajstić information content (AvgIpc) is 2.86. The van der Waals surface area contributed by atoms with Crippen LogP contribution in [0.3, 0.4) is 0 Å². The highest BCUT2D eigenvalue weighted by molar-refractivity contribution is 5.97. The van der Waals surface area contributed by atoms with E-state index in [0.29, 0.717) is 18.5 Å². The van der Waals surface area contributed by atoms with Crippen LogP contribution in [0, 0.1) is 0 Å². The van der Waals surface area contributed by atoms with Gasteiger partial charge in [-0.2, -0.15) is 0 Å². The largest absolute Gasteiger partial charge is 0.325 e. The van der Waals surface area contributed by atoms with Gasteiger partial charge in [0.2, 0.25) is 11.8 Å². The molecule has 20 heavy (non-hydrogen) atoms. The molecule has 5 nitrogen and oxygen atoms in total. The summed E-state index contributed by atoms with van der Waals surface area (Å²) >= 11 is 0. The zero-order chi connectivity index (χ0) is 14.5. The van der Waals surface area contributed by atoms with Crippen molar-refractivity contribution in [3.05, 3.63) is 24.3 Å². The van der Waals surface area contributed by atoms with Gasteiger partial charge in [-0.15, -0.1) is 0 Å². The second kappa shape index (κ2) is 6.52. The lowest BCUT2D eigenvalue weighted by molar-refractivity contribution is -0.118. The number of hydrogen-bond donors (Lipinski definition) is 2.